The molecule has 28 heavy (non-hydrogen) atoms. The number of likely N-dealkylation sites (N-methyl/N-ethyl adjacent to an activating group) is 1. The Morgan fingerprint density at radius 1 is 1.07 bits per heavy atom. The highest BCUT2D eigenvalue weighted by molar-refractivity contribution is 5.88. The van der Waals surface area contributed by atoms with E-state index in [9.17, 15) is 9.59 Å². The van der Waals surface area contributed by atoms with Crippen molar-refractivity contribution in [3.63, 3.8) is 0 Å². The second-order valence-electron chi connectivity index (χ2n) is 6.85. The van der Waals surface area contributed by atoms with E-state index in [-0.39, 0.29) is 18.2 Å². The fourth-order valence-electron chi connectivity index (χ4n) is 3.24. The molecule has 0 aliphatic carbocycles. The van der Waals surface area contributed by atoms with E-state index in [1.807, 2.05) is 69.3 Å². The summed E-state index contributed by atoms with van der Waals surface area (Å²) in [5, 5.41) is 2.86. The van der Waals surface area contributed by atoms with Gasteiger partial charge in [0.1, 0.15) is 11.8 Å². The first-order chi connectivity index (χ1) is 13.5. The number of rotatable bonds is 9. The van der Waals surface area contributed by atoms with Gasteiger partial charge in [0.05, 0.1) is 13.5 Å². The molecule has 1 N–H and O–H groups in total. The minimum Gasteiger partial charge on any atom is -0.497 e. The Labute approximate surface area is 167 Å². The molecule has 0 saturated heterocycles. The van der Waals surface area contributed by atoms with Crippen molar-refractivity contribution in [2.75, 3.05) is 13.7 Å². The molecule has 0 spiro atoms. The summed E-state index contributed by atoms with van der Waals surface area (Å²) in [6, 6.07) is 15.0. The molecule has 2 amide bonds. The number of ether oxygens (including phenoxy) is 1. The largest absolute Gasteiger partial charge is 0.497 e. The highest BCUT2D eigenvalue weighted by Crippen LogP contribution is 2.17. The van der Waals surface area contributed by atoms with Gasteiger partial charge in [-0.2, -0.15) is 0 Å². The highest BCUT2D eigenvalue weighted by Gasteiger charge is 2.28. The molecule has 1 unspecified atom stereocenters. The van der Waals surface area contributed by atoms with E-state index in [0.717, 1.165) is 22.4 Å². The summed E-state index contributed by atoms with van der Waals surface area (Å²) in [4.78, 5) is 27.5. The number of hydrogen-bond donors (Lipinski definition) is 1. The topological polar surface area (TPSA) is 58.6 Å². The Hall–Kier alpha value is -2.82. The molecule has 0 saturated carbocycles. The van der Waals surface area contributed by atoms with Crippen LogP contribution in [0.25, 0.3) is 0 Å². The fourth-order valence-corrected chi connectivity index (χ4v) is 3.24. The number of nitrogens with zero attached hydrogens (tertiary/aromatic N) is 1. The third-order valence-electron chi connectivity index (χ3n) is 4.69. The van der Waals surface area contributed by atoms with Crippen LogP contribution >= 0.6 is 0 Å². The molecular formula is C23H30N2O3. The van der Waals surface area contributed by atoms with Gasteiger partial charge < -0.3 is 15.0 Å². The van der Waals surface area contributed by atoms with Crippen LogP contribution in [0.5, 0.6) is 5.75 Å². The number of hydrogen-bond acceptors (Lipinski definition) is 3. The first-order valence-electron chi connectivity index (χ1n) is 9.74. The molecule has 0 fully saturated rings. The molecule has 0 heterocycles. The molecular weight excluding hydrogens is 352 g/mol. The predicted molar refractivity (Wildman–Crippen MR) is 111 cm³/mol. The van der Waals surface area contributed by atoms with Gasteiger partial charge in [-0.25, -0.2) is 0 Å². The Bertz CT molecular complexity index is 787. The van der Waals surface area contributed by atoms with Crippen LogP contribution in [0.4, 0.5) is 0 Å². The lowest BCUT2D eigenvalue weighted by atomic mass is 10.1. The predicted octanol–water partition coefficient (Wildman–Crippen LogP) is 3.49. The first-order valence-corrected chi connectivity index (χ1v) is 9.74. The summed E-state index contributed by atoms with van der Waals surface area (Å²) in [5.41, 5.74) is 3.03. The lowest BCUT2D eigenvalue weighted by Gasteiger charge is -2.30. The molecule has 2 aromatic carbocycles. The number of carbonyl (C=O) groups is 2. The van der Waals surface area contributed by atoms with Crippen LogP contribution < -0.4 is 10.1 Å². The van der Waals surface area contributed by atoms with E-state index < -0.39 is 6.04 Å². The molecule has 0 aliphatic rings. The van der Waals surface area contributed by atoms with Crippen molar-refractivity contribution in [1.29, 1.82) is 0 Å². The van der Waals surface area contributed by atoms with Crippen molar-refractivity contribution in [2.45, 2.75) is 46.2 Å². The van der Waals surface area contributed by atoms with Crippen molar-refractivity contribution < 1.29 is 14.3 Å². The van der Waals surface area contributed by atoms with E-state index >= 15 is 0 Å². The van der Waals surface area contributed by atoms with Crippen molar-refractivity contribution in [1.82, 2.24) is 10.2 Å². The smallest absolute Gasteiger partial charge is 0.242 e. The molecule has 1 atom stereocenters. The zero-order chi connectivity index (χ0) is 20.5. The average molecular weight is 383 g/mol. The second kappa shape index (κ2) is 10.5. The summed E-state index contributed by atoms with van der Waals surface area (Å²) in [6.45, 7) is 6.74. The minimum absolute atomic E-state index is 0.0560. The van der Waals surface area contributed by atoms with Crippen LogP contribution in [-0.2, 0) is 22.6 Å². The normalized spacial score (nSPS) is 11.6. The third kappa shape index (κ3) is 5.84. The van der Waals surface area contributed by atoms with Gasteiger partial charge in [-0.3, -0.25) is 9.59 Å². The quantitative estimate of drug-likeness (QED) is 0.722. The van der Waals surface area contributed by atoms with Crippen molar-refractivity contribution >= 4 is 11.8 Å². The summed E-state index contributed by atoms with van der Waals surface area (Å²) >= 11 is 0. The van der Waals surface area contributed by atoms with Crippen LogP contribution in [-0.4, -0.2) is 36.4 Å². The van der Waals surface area contributed by atoms with Crippen molar-refractivity contribution in [2.24, 2.45) is 0 Å². The maximum absolute atomic E-state index is 13.2. The van der Waals surface area contributed by atoms with Gasteiger partial charge in [0.2, 0.25) is 11.8 Å². The molecule has 5 heteroatoms. The Kier molecular flexibility index (Phi) is 8.05. The SMILES string of the molecule is CCNC(=O)C(CC)N(Cc1ccc(OC)cc1)C(=O)Cc1cccc(C)c1. The van der Waals surface area contributed by atoms with Gasteiger partial charge in [-0.05, 0) is 43.5 Å². The number of nitrogens with one attached hydrogen (secondary N) is 1. The Balaban J connectivity index is 2.27. The molecule has 0 radical (unpaired) electrons. The summed E-state index contributed by atoms with van der Waals surface area (Å²) in [6.07, 6.45) is 0.829. The van der Waals surface area contributed by atoms with Crippen LogP contribution in [0.1, 0.15) is 37.0 Å². The Morgan fingerprint density at radius 2 is 1.79 bits per heavy atom. The summed E-state index contributed by atoms with van der Waals surface area (Å²) < 4.78 is 5.21. The van der Waals surface area contributed by atoms with Crippen LogP contribution in [0.2, 0.25) is 0 Å². The van der Waals surface area contributed by atoms with Gasteiger partial charge >= 0.3 is 0 Å². The number of amides is 2. The zero-order valence-electron chi connectivity index (χ0n) is 17.2. The monoisotopic (exact) mass is 382 g/mol. The van der Waals surface area contributed by atoms with E-state index in [4.69, 9.17) is 4.74 Å². The fraction of sp³-hybridized carbons (Fsp3) is 0.391. The number of carbonyl (C=O) groups excluding carboxylic acids is 2. The van der Waals surface area contributed by atoms with Gasteiger partial charge in [-0.15, -0.1) is 0 Å². The summed E-state index contributed by atoms with van der Waals surface area (Å²) in [7, 11) is 1.62. The number of benzene rings is 2. The van der Waals surface area contributed by atoms with E-state index in [0.29, 0.717) is 19.5 Å². The van der Waals surface area contributed by atoms with E-state index in [1.165, 1.54) is 0 Å². The van der Waals surface area contributed by atoms with Crippen LogP contribution in [0.15, 0.2) is 48.5 Å². The van der Waals surface area contributed by atoms with Crippen molar-refractivity contribution in [3.05, 3.63) is 65.2 Å². The molecule has 5 nitrogen and oxygen atoms in total. The second-order valence-corrected chi connectivity index (χ2v) is 6.85. The van der Waals surface area contributed by atoms with Crippen LogP contribution in [0.3, 0.4) is 0 Å². The van der Waals surface area contributed by atoms with Gasteiger partial charge in [0.15, 0.2) is 0 Å². The maximum Gasteiger partial charge on any atom is 0.242 e. The molecule has 0 bridgehead atoms. The Morgan fingerprint density at radius 3 is 2.36 bits per heavy atom. The standard InChI is InChI=1S/C23H30N2O3/c1-5-21(23(27)24-6-2)25(16-18-10-12-20(28-4)13-11-18)22(26)15-19-9-7-8-17(3)14-19/h7-14,21H,5-6,15-16H2,1-4H3,(H,24,27). The first kappa shape index (κ1) is 21.5. The van der Waals surface area contributed by atoms with Crippen molar-refractivity contribution in [3.8, 4) is 5.75 Å². The minimum atomic E-state index is -0.501. The van der Waals surface area contributed by atoms with Gasteiger partial charge in [-0.1, -0.05) is 48.9 Å². The maximum atomic E-state index is 13.2. The molecule has 2 aromatic rings. The van der Waals surface area contributed by atoms with Crippen LogP contribution in [0, 0.1) is 6.92 Å². The average Bonchev–Trinajstić information content (AvgIpc) is 2.68. The third-order valence-corrected chi connectivity index (χ3v) is 4.69. The molecule has 0 aliphatic heterocycles. The number of methoxy groups -OCH3 is 1. The van der Waals surface area contributed by atoms with E-state index in [2.05, 4.69) is 5.32 Å². The highest BCUT2D eigenvalue weighted by atomic mass is 16.5. The zero-order valence-corrected chi connectivity index (χ0v) is 17.2. The van der Waals surface area contributed by atoms with Gasteiger partial charge in [0, 0.05) is 13.1 Å². The lowest BCUT2D eigenvalue weighted by Crippen LogP contribution is -2.49. The molecule has 0 aromatic heterocycles. The van der Waals surface area contributed by atoms with Gasteiger partial charge in [0.25, 0.3) is 0 Å². The van der Waals surface area contributed by atoms with E-state index in [1.54, 1.807) is 12.0 Å². The lowest BCUT2D eigenvalue weighted by molar-refractivity contribution is -0.140. The molecule has 2 rings (SSSR count). The number of aryl methyl sites for hydroxylation is 1. The summed E-state index contributed by atoms with van der Waals surface area (Å²) in [5.74, 6) is 0.591. The molecule has 150 valence electrons.